The van der Waals surface area contributed by atoms with E-state index in [0.29, 0.717) is 11.3 Å². The predicted octanol–water partition coefficient (Wildman–Crippen LogP) is 3.82. The number of carbonyl (C=O) groups is 1. The van der Waals surface area contributed by atoms with Gasteiger partial charge in [0.1, 0.15) is 0 Å². The minimum absolute atomic E-state index is 0. The van der Waals surface area contributed by atoms with Gasteiger partial charge in [0.15, 0.2) is 0 Å². The molecule has 25 heavy (non-hydrogen) atoms. The van der Waals surface area contributed by atoms with Crippen LogP contribution in [0.25, 0.3) is 11.1 Å². The van der Waals surface area contributed by atoms with Gasteiger partial charge in [0.2, 0.25) is 0 Å². The van der Waals surface area contributed by atoms with Crippen molar-refractivity contribution in [1.29, 1.82) is 0 Å². The Morgan fingerprint density at radius 1 is 1.04 bits per heavy atom. The third-order valence-electron chi connectivity index (χ3n) is 4.08. The second-order valence-corrected chi connectivity index (χ2v) is 8.97. The van der Waals surface area contributed by atoms with Crippen LogP contribution in [-0.4, -0.2) is 11.7 Å². The van der Waals surface area contributed by atoms with Gasteiger partial charge >= 0.3 is 18.9 Å². The fourth-order valence-corrected chi connectivity index (χ4v) is 4.30. The minimum Gasteiger partial charge on any atom is -0.459 e. The zero-order valence-electron chi connectivity index (χ0n) is 16.5. The molecule has 0 aromatic heterocycles. The van der Waals surface area contributed by atoms with Gasteiger partial charge in [-0.15, -0.1) is 0 Å². The molecule has 0 aliphatic rings. The maximum Gasteiger partial charge on any atom is 1.00 e. The number of carbonyl (C=O) groups excluding carboxylic acids is 1. The Kier molecular flexibility index (Phi) is 8.63. The maximum absolute atomic E-state index is 12.9. The standard InChI is InChI=1S/C22H28OP.Li/c1-16(14-22(3,4)5)15-24-21(23)20-17(2)10-9-13-19(20)18-11-7-6-8-12-18;/h6-13,16H,14-15H2,1-5H3;/q-1;+1. The topological polar surface area (TPSA) is 17.1 Å². The van der Waals surface area contributed by atoms with Crippen molar-refractivity contribution in [2.45, 2.75) is 41.0 Å². The normalized spacial score (nSPS) is 12.8. The van der Waals surface area contributed by atoms with E-state index in [9.17, 15) is 4.79 Å². The number of rotatable bonds is 6. The van der Waals surface area contributed by atoms with Crippen molar-refractivity contribution in [3.05, 3.63) is 59.7 Å². The molecule has 1 atom stereocenters. The van der Waals surface area contributed by atoms with Crippen LogP contribution >= 0.6 is 8.58 Å². The van der Waals surface area contributed by atoms with Crippen LogP contribution in [0.1, 0.15) is 50.0 Å². The van der Waals surface area contributed by atoms with E-state index in [0.717, 1.165) is 43.4 Å². The summed E-state index contributed by atoms with van der Waals surface area (Å²) in [6.07, 6.45) is 2.07. The van der Waals surface area contributed by atoms with E-state index < -0.39 is 0 Å². The van der Waals surface area contributed by atoms with Crippen molar-refractivity contribution in [3.63, 3.8) is 0 Å². The van der Waals surface area contributed by atoms with Gasteiger partial charge in [-0.1, -0.05) is 82.1 Å². The van der Waals surface area contributed by atoms with Gasteiger partial charge < -0.3 is 13.4 Å². The van der Waals surface area contributed by atoms with Crippen molar-refractivity contribution in [2.75, 3.05) is 6.16 Å². The van der Waals surface area contributed by atoms with E-state index in [2.05, 4.69) is 45.9 Å². The molecule has 128 valence electrons. The molecule has 0 radical (unpaired) electrons. The number of benzene rings is 2. The molecular formula is C22H28LiOP. The molecule has 0 aliphatic carbocycles. The molecule has 2 aromatic carbocycles. The van der Waals surface area contributed by atoms with E-state index in [1.54, 1.807) is 0 Å². The molecule has 2 rings (SSSR count). The molecule has 0 heterocycles. The van der Waals surface area contributed by atoms with Crippen LogP contribution in [0.15, 0.2) is 48.5 Å². The smallest absolute Gasteiger partial charge is 0.459 e. The molecule has 0 saturated carbocycles. The molecule has 0 N–H and O–H groups in total. The van der Waals surface area contributed by atoms with Gasteiger partial charge in [0.25, 0.3) is 0 Å². The van der Waals surface area contributed by atoms with Gasteiger partial charge in [0, 0.05) is 5.52 Å². The van der Waals surface area contributed by atoms with Gasteiger partial charge in [-0.05, 0) is 41.0 Å². The molecule has 0 aliphatic heterocycles. The summed E-state index contributed by atoms with van der Waals surface area (Å²) in [4.78, 5) is 12.9. The first kappa shape index (κ1) is 22.2. The molecule has 3 heteroatoms. The summed E-state index contributed by atoms with van der Waals surface area (Å²) in [5.41, 5.74) is 4.67. The van der Waals surface area contributed by atoms with Crippen molar-refractivity contribution >= 4 is 14.1 Å². The zero-order valence-corrected chi connectivity index (χ0v) is 17.4. The van der Waals surface area contributed by atoms with Crippen molar-refractivity contribution in [3.8, 4) is 11.1 Å². The Balaban J connectivity index is 0.00000312. The van der Waals surface area contributed by atoms with Crippen LogP contribution in [0.3, 0.4) is 0 Å². The second-order valence-electron chi connectivity index (χ2n) is 7.88. The summed E-state index contributed by atoms with van der Waals surface area (Å²) in [5, 5.41) is 0. The van der Waals surface area contributed by atoms with Crippen LogP contribution in [-0.2, 0) is 0 Å². The summed E-state index contributed by atoms with van der Waals surface area (Å²) in [5.74, 6) is 0.555. The Labute approximate surface area is 167 Å². The average Bonchev–Trinajstić information content (AvgIpc) is 2.51. The molecule has 0 bridgehead atoms. The number of hydrogen-bond donors (Lipinski definition) is 0. The summed E-state index contributed by atoms with van der Waals surface area (Å²) in [7, 11) is 0.905. The molecule has 0 spiro atoms. The Hall–Kier alpha value is -0.863. The van der Waals surface area contributed by atoms with Gasteiger partial charge in [-0.2, -0.15) is 6.16 Å². The van der Waals surface area contributed by atoms with Crippen LogP contribution in [0.4, 0.5) is 0 Å². The average molecular weight is 346 g/mol. The van der Waals surface area contributed by atoms with Gasteiger partial charge in [0.05, 0.1) is 0 Å². The molecule has 1 nitrogen and oxygen atoms in total. The van der Waals surface area contributed by atoms with E-state index in [1.807, 2.05) is 37.3 Å². The zero-order chi connectivity index (χ0) is 17.7. The molecule has 0 amide bonds. The van der Waals surface area contributed by atoms with Crippen molar-refractivity contribution in [2.24, 2.45) is 11.3 Å². The predicted molar refractivity (Wildman–Crippen MR) is 106 cm³/mol. The summed E-state index contributed by atoms with van der Waals surface area (Å²) < 4.78 is 0. The first-order valence-corrected chi connectivity index (χ1v) is 9.73. The van der Waals surface area contributed by atoms with E-state index >= 15 is 0 Å². The van der Waals surface area contributed by atoms with Gasteiger partial charge in [-0.3, -0.25) is 0 Å². The van der Waals surface area contributed by atoms with Gasteiger partial charge in [-0.25, -0.2) is 0 Å². The summed E-state index contributed by atoms with van der Waals surface area (Å²) >= 11 is 0. The number of aryl methyl sites for hydroxylation is 1. The molecule has 0 fully saturated rings. The Morgan fingerprint density at radius 2 is 1.68 bits per heavy atom. The fourth-order valence-electron chi connectivity index (χ4n) is 3.24. The molecule has 1 unspecified atom stereocenters. The van der Waals surface area contributed by atoms with Crippen LogP contribution < -0.4 is 18.9 Å². The van der Waals surface area contributed by atoms with Crippen LogP contribution in [0, 0.1) is 18.3 Å². The molecule has 2 aromatic rings. The van der Waals surface area contributed by atoms with E-state index in [4.69, 9.17) is 0 Å². The first-order chi connectivity index (χ1) is 11.3. The monoisotopic (exact) mass is 346 g/mol. The van der Waals surface area contributed by atoms with Crippen LogP contribution in [0.2, 0.25) is 0 Å². The third kappa shape index (κ3) is 6.75. The maximum atomic E-state index is 12.9. The fraction of sp³-hybridized carbons (Fsp3) is 0.409. The minimum atomic E-state index is 0. The van der Waals surface area contributed by atoms with E-state index in [1.165, 1.54) is 0 Å². The third-order valence-corrected chi connectivity index (χ3v) is 5.40. The van der Waals surface area contributed by atoms with Crippen molar-refractivity contribution < 1.29 is 23.7 Å². The SMILES string of the molecule is Cc1cccc(-c2ccccc2)c1C(=O)[P-]CC(C)CC(C)(C)C.[Li+]. The van der Waals surface area contributed by atoms with E-state index in [-0.39, 0.29) is 24.4 Å². The molecular weight excluding hydrogens is 318 g/mol. The quantitative estimate of drug-likeness (QED) is 0.574. The number of hydrogen-bond acceptors (Lipinski definition) is 1. The summed E-state index contributed by atoms with van der Waals surface area (Å²) in [6, 6.07) is 16.3. The molecule has 0 saturated heterocycles. The Morgan fingerprint density at radius 3 is 2.28 bits per heavy atom. The Bertz CT molecular complexity index is 689. The van der Waals surface area contributed by atoms with Crippen LogP contribution in [0.5, 0.6) is 0 Å². The second kappa shape index (κ2) is 9.73. The van der Waals surface area contributed by atoms with Crippen molar-refractivity contribution in [1.82, 2.24) is 0 Å². The largest absolute Gasteiger partial charge is 1.00 e. The summed E-state index contributed by atoms with van der Waals surface area (Å²) in [6.45, 7) is 11.1. The first-order valence-electron chi connectivity index (χ1n) is 8.65.